The van der Waals surface area contributed by atoms with Crippen LogP contribution in [0.4, 0.5) is 5.69 Å². The van der Waals surface area contributed by atoms with E-state index in [1.807, 2.05) is 12.1 Å². The smallest absolute Gasteiger partial charge is 0.266 e. The average Bonchev–Trinajstić information content (AvgIpc) is 3.16. The van der Waals surface area contributed by atoms with Gasteiger partial charge in [0.25, 0.3) is 11.7 Å². The molecule has 0 saturated carbocycles. The van der Waals surface area contributed by atoms with Gasteiger partial charge in [-0.15, -0.1) is 0 Å². The van der Waals surface area contributed by atoms with E-state index in [1.165, 1.54) is 7.11 Å². The summed E-state index contributed by atoms with van der Waals surface area (Å²) in [6.07, 6.45) is -1.36. The van der Waals surface area contributed by atoms with Crippen molar-refractivity contribution in [2.75, 3.05) is 12.8 Å². The predicted octanol–water partition coefficient (Wildman–Crippen LogP) is 3.31. The second-order valence-electron chi connectivity index (χ2n) is 8.83. The molecule has 0 aromatic heterocycles. The minimum Gasteiger partial charge on any atom is -0.496 e. The molecule has 0 spiro atoms. The number of ether oxygens (including phenoxy) is 2. The van der Waals surface area contributed by atoms with Crippen LogP contribution >= 0.6 is 0 Å². The SMILES string of the molecule is COc1ccccc1C(=O)NC12c3ccc(C(C)C)cc3OC1(O)c1cccc(N)c1C2O. The molecule has 0 saturated heterocycles. The van der Waals surface area contributed by atoms with Crippen molar-refractivity contribution in [1.29, 1.82) is 0 Å². The minimum absolute atomic E-state index is 0.223. The average molecular weight is 447 g/mol. The molecule has 0 bridgehead atoms. The number of nitrogen functional groups attached to an aromatic ring is 1. The fourth-order valence-electron chi connectivity index (χ4n) is 5.03. The van der Waals surface area contributed by atoms with E-state index in [2.05, 4.69) is 19.2 Å². The summed E-state index contributed by atoms with van der Waals surface area (Å²) in [6, 6.07) is 17.3. The van der Waals surface area contributed by atoms with Gasteiger partial charge in [-0.2, -0.15) is 0 Å². The van der Waals surface area contributed by atoms with Crippen LogP contribution in [0.1, 0.15) is 58.5 Å². The number of rotatable bonds is 4. The Hall–Kier alpha value is -3.55. The van der Waals surface area contributed by atoms with Gasteiger partial charge in [0.15, 0.2) is 5.54 Å². The number of hydrogen-bond acceptors (Lipinski definition) is 6. The highest BCUT2D eigenvalue weighted by Crippen LogP contribution is 2.64. The maximum Gasteiger partial charge on any atom is 0.266 e. The molecule has 7 nitrogen and oxygen atoms in total. The van der Waals surface area contributed by atoms with Crippen LogP contribution in [-0.4, -0.2) is 23.2 Å². The van der Waals surface area contributed by atoms with Gasteiger partial charge in [0.05, 0.1) is 12.7 Å². The zero-order chi connectivity index (χ0) is 23.5. The Kier molecular flexibility index (Phi) is 4.67. The molecule has 3 atom stereocenters. The van der Waals surface area contributed by atoms with Crippen molar-refractivity contribution in [3.63, 3.8) is 0 Å². The second-order valence-corrected chi connectivity index (χ2v) is 8.83. The first kappa shape index (κ1) is 21.3. The molecule has 0 radical (unpaired) electrons. The van der Waals surface area contributed by atoms with E-state index in [-0.39, 0.29) is 11.5 Å². The van der Waals surface area contributed by atoms with E-state index in [9.17, 15) is 15.0 Å². The molecule has 170 valence electrons. The predicted molar refractivity (Wildman–Crippen MR) is 123 cm³/mol. The van der Waals surface area contributed by atoms with Crippen LogP contribution in [0.5, 0.6) is 11.5 Å². The Labute approximate surface area is 191 Å². The lowest BCUT2D eigenvalue weighted by atomic mass is 9.81. The molecular formula is C26H26N2O5. The van der Waals surface area contributed by atoms with E-state index in [0.29, 0.717) is 33.9 Å². The maximum absolute atomic E-state index is 13.5. The van der Waals surface area contributed by atoms with Gasteiger partial charge in [-0.05, 0) is 35.7 Å². The first-order chi connectivity index (χ1) is 15.7. The number of nitrogens with one attached hydrogen (secondary N) is 1. The van der Waals surface area contributed by atoms with Gasteiger partial charge < -0.3 is 30.7 Å². The summed E-state index contributed by atoms with van der Waals surface area (Å²) in [5, 5.41) is 26.6. The third-order valence-corrected chi connectivity index (χ3v) is 6.74. The van der Waals surface area contributed by atoms with Gasteiger partial charge in [0, 0.05) is 22.4 Å². The van der Waals surface area contributed by atoms with Crippen LogP contribution in [0.25, 0.3) is 0 Å². The minimum atomic E-state index is -2.06. The number of nitrogens with two attached hydrogens (primary N) is 1. The number of amides is 1. The van der Waals surface area contributed by atoms with Gasteiger partial charge in [-0.25, -0.2) is 0 Å². The summed E-state index contributed by atoms with van der Waals surface area (Å²) in [7, 11) is 1.48. The van der Waals surface area contributed by atoms with Crippen molar-refractivity contribution in [3.8, 4) is 11.5 Å². The number of fused-ring (bicyclic) bond motifs is 5. The first-order valence-corrected chi connectivity index (χ1v) is 10.8. The molecule has 0 fully saturated rings. The Bertz CT molecular complexity index is 1270. The van der Waals surface area contributed by atoms with Crippen LogP contribution in [0.3, 0.4) is 0 Å². The zero-order valence-electron chi connectivity index (χ0n) is 18.6. The number of hydrogen-bond donors (Lipinski definition) is 4. The van der Waals surface area contributed by atoms with E-state index >= 15 is 0 Å². The highest BCUT2D eigenvalue weighted by molar-refractivity contribution is 5.98. The molecule has 3 aromatic rings. The van der Waals surface area contributed by atoms with Crippen molar-refractivity contribution in [2.24, 2.45) is 0 Å². The molecule has 7 heteroatoms. The lowest BCUT2D eigenvalue weighted by Crippen LogP contribution is -2.59. The van der Waals surface area contributed by atoms with Crippen molar-refractivity contribution in [3.05, 3.63) is 88.5 Å². The van der Waals surface area contributed by atoms with Gasteiger partial charge >= 0.3 is 0 Å². The summed E-state index contributed by atoms with van der Waals surface area (Å²) >= 11 is 0. The molecule has 2 aliphatic rings. The number of aliphatic hydroxyl groups is 2. The molecule has 1 amide bonds. The highest BCUT2D eigenvalue weighted by atomic mass is 16.6. The second kappa shape index (κ2) is 7.23. The largest absolute Gasteiger partial charge is 0.496 e. The van der Waals surface area contributed by atoms with Crippen molar-refractivity contribution in [1.82, 2.24) is 5.32 Å². The van der Waals surface area contributed by atoms with Gasteiger partial charge in [0.2, 0.25) is 0 Å². The topological polar surface area (TPSA) is 114 Å². The van der Waals surface area contributed by atoms with Crippen LogP contribution in [0.15, 0.2) is 60.7 Å². The molecule has 3 unspecified atom stereocenters. The summed E-state index contributed by atoms with van der Waals surface area (Å²) < 4.78 is 11.5. The maximum atomic E-state index is 13.5. The summed E-state index contributed by atoms with van der Waals surface area (Å²) in [4.78, 5) is 13.5. The van der Waals surface area contributed by atoms with E-state index in [1.54, 1.807) is 48.5 Å². The highest BCUT2D eigenvalue weighted by Gasteiger charge is 2.71. The number of carbonyl (C=O) groups is 1. The summed E-state index contributed by atoms with van der Waals surface area (Å²) in [5.41, 5.74) is 7.18. The van der Waals surface area contributed by atoms with Gasteiger partial charge in [-0.3, -0.25) is 4.79 Å². The van der Waals surface area contributed by atoms with Crippen molar-refractivity contribution >= 4 is 11.6 Å². The zero-order valence-corrected chi connectivity index (χ0v) is 18.6. The third kappa shape index (κ3) is 2.73. The molecular weight excluding hydrogens is 420 g/mol. The molecule has 33 heavy (non-hydrogen) atoms. The molecule has 1 aliphatic heterocycles. The number of carbonyl (C=O) groups excluding carboxylic acids is 1. The lowest BCUT2D eigenvalue weighted by Gasteiger charge is -2.38. The molecule has 3 aromatic carbocycles. The first-order valence-electron chi connectivity index (χ1n) is 10.8. The number of aliphatic hydroxyl groups excluding tert-OH is 1. The van der Waals surface area contributed by atoms with Crippen molar-refractivity contribution in [2.45, 2.75) is 37.2 Å². The van der Waals surface area contributed by atoms with Crippen molar-refractivity contribution < 1.29 is 24.5 Å². The standard InChI is InChI=1S/C26H26N2O5/c1-14(2)15-11-12-17-21(13-15)33-26(31)18-8-6-9-19(27)22(18)23(29)25(17,26)28-24(30)16-7-4-5-10-20(16)32-3/h4-14,23,29,31H,27H2,1-3H3,(H,28,30). The van der Waals surface area contributed by atoms with Crippen LogP contribution in [0.2, 0.25) is 0 Å². The monoisotopic (exact) mass is 446 g/mol. The number of methoxy groups -OCH3 is 1. The normalized spacial score (nSPS) is 24.6. The van der Waals surface area contributed by atoms with Crippen LogP contribution in [-0.2, 0) is 11.3 Å². The number of anilines is 1. The summed E-state index contributed by atoms with van der Waals surface area (Å²) in [6.45, 7) is 4.10. The van der Waals surface area contributed by atoms with E-state index in [4.69, 9.17) is 15.2 Å². The van der Waals surface area contributed by atoms with Gasteiger partial charge in [-0.1, -0.05) is 50.2 Å². The van der Waals surface area contributed by atoms with E-state index in [0.717, 1.165) is 5.56 Å². The lowest BCUT2D eigenvalue weighted by molar-refractivity contribution is -0.201. The number of benzene rings is 3. The Morgan fingerprint density at radius 3 is 2.61 bits per heavy atom. The Balaban J connectivity index is 1.72. The Morgan fingerprint density at radius 1 is 1.12 bits per heavy atom. The van der Waals surface area contributed by atoms with Crippen LogP contribution < -0.4 is 20.5 Å². The Morgan fingerprint density at radius 2 is 1.88 bits per heavy atom. The molecule has 5 N–H and O–H groups in total. The van der Waals surface area contributed by atoms with Gasteiger partial charge in [0.1, 0.15) is 17.6 Å². The fourth-order valence-corrected chi connectivity index (χ4v) is 5.03. The molecule has 1 heterocycles. The fraction of sp³-hybridized carbons (Fsp3) is 0.269. The quantitative estimate of drug-likeness (QED) is 0.457. The molecule has 1 aliphatic carbocycles. The molecule has 5 rings (SSSR count). The summed E-state index contributed by atoms with van der Waals surface area (Å²) in [5.74, 6) is -1.60. The third-order valence-electron chi connectivity index (χ3n) is 6.74. The van der Waals surface area contributed by atoms with Crippen LogP contribution in [0, 0.1) is 0 Å². The van der Waals surface area contributed by atoms with E-state index < -0.39 is 23.3 Å². The number of para-hydroxylation sites is 1.